The second kappa shape index (κ2) is 5.59. The van der Waals surface area contributed by atoms with Gasteiger partial charge in [0.25, 0.3) is 5.69 Å². The van der Waals surface area contributed by atoms with Crippen molar-refractivity contribution >= 4 is 5.69 Å². The average Bonchev–Trinajstić information content (AvgIpc) is 2.68. The number of non-ortho nitro benzene ring substituents is 1. The van der Waals surface area contributed by atoms with Crippen LogP contribution in [0.3, 0.4) is 0 Å². The highest BCUT2D eigenvalue weighted by Gasteiger charge is 2.44. The molecule has 1 heterocycles. The van der Waals surface area contributed by atoms with Gasteiger partial charge in [-0.25, -0.2) is 0 Å². The van der Waals surface area contributed by atoms with Crippen molar-refractivity contribution in [3.8, 4) is 11.5 Å². The van der Waals surface area contributed by atoms with Crippen LogP contribution >= 0.6 is 0 Å². The van der Waals surface area contributed by atoms with Crippen LogP contribution in [0.5, 0.6) is 11.5 Å². The van der Waals surface area contributed by atoms with Gasteiger partial charge in [0.15, 0.2) is 11.5 Å². The largest absolute Gasteiger partial charge is 0.504 e. The lowest BCUT2D eigenvalue weighted by Gasteiger charge is -2.17. The van der Waals surface area contributed by atoms with E-state index in [1.165, 1.54) is 0 Å². The Balaban J connectivity index is 2.13. The molecule has 4 N–H and O–H groups in total. The molecular weight excluding hydrogens is 274 g/mol. The van der Waals surface area contributed by atoms with Crippen LogP contribution in [0.2, 0.25) is 0 Å². The lowest BCUT2D eigenvalue weighted by Crippen LogP contribution is -2.35. The Morgan fingerprint density at radius 2 is 2.05 bits per heavy atom. The van der Waals surface area contributed by atoms with E-state index >= 15 is 0 Å². The topological polar surface area (TPSA) is 143 Å². The number of phenolic OH excluding ortho intramolecular Hbond substituents is 1. The van der Waals surface area contributed by atoms with Crippen molar-refractivity contribution in [2.75, 3.05) is 6.61 Å². The molecule has 9 heteroatoms. The first-order valence-electron chi connectivity index (χ1n) is 5.70. The molecule has 0 unspecified atom stereocenters. The van der Waals surface area contributed by atoms with Crippen molar-refractivity contribution in [3.05, 3.63) is 28.3 Å². The third-order valence-corrected chi connectivity index (χ3v) is 2.90. The number of benzene rings is 1. The summed E-state index contributed by atoms with van der Waals surface area (Å²) in [5.41, 5.74) is -0.323. The van der Waals surface area contributed by atoms with Crippen LogP contribution in [0.1, 0.15) is 0 Å². The van der Waals surface area contributed by atoms with E-state index in [1.54, 1.807) is 0 Å². The smallest absolute Gasteiger partial charge is 0.273 e. The Kier molecular flexibility index (Phi) is 4.04. The number of nitro groups is 1. The summed E-state index contributed by atoms with van der Waals surface area (Å²) in [6, 6.07) is 3.13. The number of aliphatic hydroxyl groups excluding tert-OH is 3. The summed E-state index contributed by atoms with van der Waals surface area (Å²) < 4.78 is 10.2. The van der Waals surface area contributed by atoms with Gasteiger partial charge in [-0.05, 0) is 6.07 Å². The Hall–Kier alpha value is -1.94. The predicted molar refractivity (Wildman–Crippen MR) is 63.1 cm³/mol. The van der Waals surface area contributed by atoms with Gasteiger partial charge in [0, 0.05) is 6.07 Å². The standard InChI is InChI=1S/C11H13NO8/c13-4-8-9(15)10(16)11(20-8)19-7-2-1-5(12(17)18)3-6(7)14/h1-3,8-11,13-16H,4H2/t8-,9-,10-,11-/m1/s1. The van der Waals surface area contributed by atoms with Gasteiger partial charge in [0.05, 0.1) is 17.6 Å². The predicted octanol–water partition coefficient (Wildman–Crippen LogP) is -0.882. The fraction of sp³-hybridized carbons (Fsp3) is 0.455. The van der Waals surface area contributed by atoms with Gasteiger partial charge in [-0.15, -0.1) is 0 Å². The Bertz CT molecular complexity index is 507. The average molecular weight is 287 g/mol. The highest BCUT2D eigenvalue weighted by Crippen LogP contribution is 2.33. The van der Waals surface area contributed by atoms with Crippen molar-refractivity contribution in [1.29, 1.82) is 0 Å². The Morgan fingerprint density at radius 1 is 1.35 bits per heavy atom. The maximum atomic E-state index is 10.5. The first kappa shape index (κ1) is 14.5. The van der Waals surface area contributed by atoms with Crippen LogP contribution in [0, 0.1) is 10.1 Å². The fourth-order valence-corrected chi connectivity index (χ4v) is 1.81. The lowest BCUT2D eigenvalue weighted by atomic mass is 10.1. The van der Waals surface area contributed by atoms with Crippen molar-refractivity contribution in [2.45, 2.75) is 24.6 Å². The van der Waals surface area contributed by atoms with Gasteiger partial charge >= 0.3 is 0 Å². The van der Waals surface area contributed by atoms with Gasteiger partial charge in [-0.2, -0.15) is 0 Å². The molecule has 1 aliphatic rings. The number of ether oxygens (including phenoxy) is 2. The zero-order valence-electron chi connectivity index (χ0n) is 10.1. The first-order chi connectivity index (χ1) is 9.43. The minimum Gasteiger partial charge on any atom is -0.504 e. The monoisotopic (exact) mass is 287 g/mol. The van der Waals surface area contributed by atoms with E-state index in [1.807, 2.05) is 0 Å². The second-order valence-electron chi connectivity index (χ2n) is 4.23. The maximum absolute atomic E-state index is 10.5. The second-order valence-corrected chi connectivity index (χ2v) is 4.23. The minimum absolute atomic E-state index is 0.148. The number of hydrogen-bond acceptors (Lipinski definition) is 8. The van der Waals surface area contributed by atoms with Crippen molar-refractivity contribution in [1.82, 2.24) is 0 Å². The van der Waals surface area contributed by atoms with Gasteiger partial charge in [-0.1, -0.05) is 0 Å². The molecule has 0 radical (unpaired) electrons. The van der Waals surface area contributed by atoms with E-state index in [0.717, 1.165) is 18.2 Å². The number of nitro benzene ring substituents is 1. The summed E-state index contributed by atoms with van der Waals surface area (Å²) in [7, 11) is 0. The summed E-state index contributed by atoms with van der Waals surface area (Å²) in [5.74, 6) is -0.651. The molecule has 20 heavy (non-hydrogen) atoms. The molecule has 1 aromatic carbocycles. The number of rotatable bonds is 4. The molecule has 4 atom stereocenters. The van der Waals surface area contributed by atoms with Gasteiger partial charge in [0.1, 0.15) is 18.3 Å². The maximum Gasteiger partial charge on any atom is 0.273 e. The van der Waals surface area contributed by atoms with Crippen molar-refractivity contribution in [3.63, 3.8) is 0 Å². The molecule has 0 aliphatic carbocycles. The molecule has 2 rings (SSSR count). The number of aliphatic hydroxyl groups is 3. The van der Waals surface area contributed by atoms with Crippen LogP contribution in [0.4, 0.5) is 5.69 Å². The van der Waals surface area contributed by atoms with E-state index in [0.29, 0.717) is 0 Å². The summed E-state index contributed by atoms with van der Waals surface area (Å²) >= 11 is 0. The highest BCUT2D eigenvalue weighted by molar-refractivity contribution is 5.47. The molecule has 0 amide bonds. The van der Waals surface area contributed by atoms with Crippen molar-refractivity contribution < 1.29 is 34.8 Å². The zero-order valence-corrected chi connectivity index (χ0v) is 10.1. The summed E-state index contributed by atoms with van der Waals surface area (Å²) in [6.07, 6.45) is -5.04. The van der Waals surface area contributed by atoms with E-state index in [-0.39, 0.29) is 11.4 Å². The third-order valence-electron chi connectivity index (χ3n) is 2.90. The van der Waals surface area contributed by atoms with E-state index < -0.39 is 41.9 Å². The summed E-state index contributed by atoms with van der Waals surface area (Å²) in [4.78, 5) is 9.83. The van der Waals surface area contributed by atoms with E-state index in [2.05, 4.69) is 0 Å². The number of nitrogens with zero attached hydrogens (tertiary/aromatic N) is 1. The summed E-state index contributed by atoms with van der Waals surface area (Å²) in [5, 5.41) is 48.2. The fourth-order valence-electron chi connectivity index (χ4n) is 1.81. The molecule has 1 aromatic rings. The van der Waals surface area contributed by atoms with Gasteiger partial charge in [-0.3, -0.25) is 10.1 Å². The minimum atomic E-state index is -1.42. The summed E-state index contributed by atoms with van der Waals surface area (Å²) in [6.45, 7) is -0.510. The van der Waals surface area contributed by atoms with Crippen LogP contribution < -0.4 is 4.74 Å². The first-order valence-corrected chi connectivity index (χ1v) is 5.70. The van der Waals surface area contributed by atoms with E-state index in [9.17, 15) is 25.4 Å². The highest BCUT2D eigenvalue weighted by atomic mass is 16.7. The third kappa shape index (κ3) is 2.65. The van der Waals surface area contributed by atoms with Crippen molar-refractivity contribution in [2.24, 2.45) is 0 Å². The molecule has 0 spiro atoms. The molecule has 110 valence electrons. The molecular formula is C11H13NO8. The molecule has 0 saturated carbocycles. The molecule has 0 aromatic heterocycles. The Morgan fingerprint density at radius 3 is 2.55 bits per heavy atom. The van der Waals surface area contributed by atoms with Gasteiger partial charge < -0.3 is 29.9 Å². The normalized spacial score (nSPS) is 29.4. The lowest BCUT2D eigenvalue weighted by molar-refractivity contribution is -0.385. The van der Waals surface area contributed by atoms with Crippen LogP contribution in [-0.4, -0.2) is 56.6 Å². The molecule has 1 saturated heterocycles. The van der Waals surface area contributed by atoms with Crippen LogP contribution in [0.25, 0.3) is 0 Å². The van der Waals surface area contributed by atoms with E-state index in [4.69, 9.17) is 14.6 Å². The zero-order chi connectivity index (χ0) is 14.9. The van der Waals surface area contributed by atoms with Crippen LogP contribution in [0.15, 0.2) is 18.2 Å². The molecule has 9 nitrogen and oxygen atoms in total. The SMILES string of the molecule is O=[N+]([O-])c1ccc(O[C@@H]2O[C@H](CO)[C@@H](O)[C@H]2O)c(O)c1. The van der Waals surface area contributed by atoms with Crippen LogP contribution in [-0.2, 0) is 4.74 Å². The molecule has 0 bridgehead atoms. The quantitative estimate of drug-likeness (QED) is 0.413. The van der Waals surface area contributed by atoms with Gasteiger partial charge in [0.2, 0.25) is 6.29 Å². The molecule has 1 fully saturated rings. The number of hydrogen-bond donors (Lipinski definition) is 4. The Labute approximate surface area is 112 Å². The number of aromatic hydroxyl groups is 1. The molecule has 1 aliphatic heterocycles. The number of phenols is 1.